The number of hydrogen-bond acceptors (Lipinski definition) is 3. The van der Waals surface area contributed by atoms with Crippen molar-refractivity contribution in [1.29, 1.82) is 0 Å². The molecule has 2 heterocycles. The Labute approximate surface area is 122 Å². The molecule has 1 aromatic rings. The van der Waals surface area contributed by atoms with Crippen molar-refractivity contribution in [2.24, 2.45) is 0 Å². The molecular weight excluding hydrogens is 248 g/mol. The summed E-state index contributed by atoms with van der Waals surface area (Å²) in [6, 6.07) is 5.01. The maximum atomic E-state index is 6.31. The van der Waals surface area contributed by atoms with E-state index in [1.807, 2.05) is 0 Å². The molecular formula is C17H26N2O. The van der Waals surface area contributed by atoms with Gasteiger partial charge in [-0.15, -0.1) is 0 Å². The lowest BCUT2D eigenvalue weighted by Gasteiger charge is -2.44. The molecule has 0 saturated carbocycles. The van der Waals surface area contributed by atoms with E-state index in [1.165, 1.54) is 16.7 Å². The third-order valence-electron chi connectivity index (χ3n) is 4.72. The van der Waals surface area contributed by atoms with E-state index in [-0.39, 0.29) is 5.60 Å². The van der Waals surface area contributed by atoms with Crippen molar-refractivity contribution in [1.82, 2.24) is 10.2 Å². The van der Waals surface area contributed by atoms with Gasteiger partial charge in [0.2, 0.25) is 0 Å². The van der Waals surface area contributed by atoms with Gasteiger partial charge in [0.15, 0.2) is 0 Å². The fourth-order valence-corrected chi connectivity index (χ4v) is 3.42. The number of aryl methyl sites for hydroxylation is 1. The number of rotatable bonds is 1. The highest BCUT2D eigenvalue weighted by molar-refractivity contribution is 5.48. The molecule has 3 nitrogen and oxygen atoms in total. The van der Waals surface area contributed by atoms with E-state index in [9.17, 15) is 0 Å². The molecule has 1 unspecified atom stereocenters. The maximum absolute atomic E-state index is 6.31. The van der Waals surface area contributed by atoms with Gasteiger partial charge in [0.25, 0.3) is 0 Å². The van der Waals surface area contributed by atoms with E-state index in [4.69, 9.17) is 4.74 Å². The summed E-state index contributed by atoms with van der Waals surface area (Å²) < 4.78 is 6.31. The van der Waals surface area contributed by atoms with E-state index in [2.05, 4.69) is 50.0 Å². The number of hydrogen-bond donors (Lipinski definition) is 1. The highest BCUT2D eigenvalue weighted by Crippen LogP contribution is 2.44. The number of nitrogens with zero attached hydrogens (tertiary/aromatic N) is 1. The molecule has 0 aliphatic carbocycles. The van der Waals surface area contributed by atoms with Gasteiger partial charge in [-0.2, -0.15) is 0 Å². The summed E-state index contributed by atoms with van der Waals surface area (Å²) in [7, 11) is 0. The Hall–Kier alpha value is -1.06. The van der Waals surface area contributed by atoms with Crippen LogP contribution in [0, 0.1) is 13.8 Å². The molecule has 0 spiro atoms. The van der Waals surface area contributed by atoms with Crippen LogP contribution in [0.25, 0.3) is 0 Å². The lowest BCUT2D eigenvalue weighted by Crippen LogP contribution is -2.49. The number of piperazine rings is 1. The van der Waals surface area contributed by atoms with Crippen LogP contribution in [0.15, 0.2) is 12.1 Å². The maximum Gasteiger partial charge on any atom is 0.128 e. The monoisotopic (exact) mass is 274 g/mol. The second kappa shape index (κ2) is 5.05. The quantitative estimate of drug-likeness (QED) is 0.852. The van der Waals surface area contributed by atoms with Crippen molar-refractivity contribution in [2.75, 3.05) is 26.2 Å². The average Bonchev–Trinajstić information content (AvgIpc) is 2.43. The number of benzene rings is 1. The predicted molar refractivity (Wildman–Crippen MR) is 82.4 cm³/mol. The van der Waals surface area contributed by atoms with Gasteiger partial charge < -0.3 is 10.1 Å². The van der Waals surface area contributed by atoms with Gasteiger partial charge in [-0.25, -0.2) is 0 Å². The minimum Gasteiger partial charge on any atom is -0.487 e. The van der Waals surface area contributed by atoms with Crippen LogP contribution >= 0.6 is 0 Å². The van der Waals surface area contributed by atoms with Crippen molar-refractivity contribution in [3.63, 3.8) is 0 Å². The minimum atomic E-state index is -0.0822. The highest BCUT2D eigenvalue weighted by atomic mass is 16.5. The number of ether oxygens (including phenoxy) is 1. The lowest BCUT2D eigenvalue weighted by atomic mass is 9.86. The Morgan fingerprint density at radius 1 is 1.20 bits per heavy atom. The summed E-state index contributed by atoms with van der Waals surface area (Å²) in [4.78, 5) is 2.62. The first-order chi connectivity index (χ1) is 9.48. The summed E-state index contributed by atoms with van der Waals surface area (Å²) >= 11 is 0. The van der Waals surface area contributed by atoms with Gasteiger partial charge in [-0.3, -0.25) is 4.90 Å². The third kappa shape index (κ3) is 2.45. The van der Waals surface area contributed by atoms with Crippen LogP contribution < -0.4 is 10.1 Å². The summed E-state index contributed by atoms with van der Waals surface area (Å²) in [5.74, 6) is 1.13. The van der Waals surface area contributed by atoms with Crippen LogP contribution in [0.4, 0.5) is 0 Å². The van der Waals surface area contributed by atoms with Gasteiger partial charge in [-0.1, -0.05) is 12.1 Å². The largest absolute Gasteiger partial charge is 0.487 e. The van der Waals surface area contributed by atoms with Crippen molar-refractivity contribution in [2.45, 2.75) is 45.8 Å². The zero-order valence-electron chi connectivity index (χ0n) is 13.1. The van der Waals surface area contributed by atoms with Crippen LogP contribution in [0.2, 0.25) is 0 Å². The summed E-state index contributed by atoms with van der Waals surface area (Å²) in [6.07, 6.45) is 1.07. The van der Waals surface area contributed by atoms with Gasteiger partial charge in [0.1, 0.15) is 11.4 Å². The molecule has 3 heteroatoms. The fourth-order valence-electron chi connectivity index (χ4n) is 3.42. The van der Waals surface area contributed by atoms with E-state index in [0.717, 1.165) is 38.3 Å². The fraction of sp³-hybridized carbons (Fsp3) is 0.647. The Bertz CT molecular complexity index is 504. The SMILES string of the molecule is Cc1ccc2c(c1C)OC(C)(C)CC2N1CCNCC1. The zero-order valence-corrected chi connectivity index (χ0v) is 13.1. The van der Waals surface area contributed by atoms with Crippen molar-refractivity contribution >= 4 is 0 Å². The van der Waals surface area contributed by atoms with E-state index >= 15 is 0 Å². The third-order valence-corrected chi connectivity index (χ3v) is 4.72. The Morgan fingerprint density at radius 2 is 1.90 bits per heavy atom. The molecule has 110 valence electrons. The Balaban J connectivity index is 2.02. The second-order valence-electron chi connectivity index (χ2n) is 6.79. The molecule has 3 rings (SSSR count). The van der Waals surface area contributed by atoms with Crippen molar-refractivity contribution in [3.05, 3.63) is 28.8 Å². The Morgan fingerprint density at radius 3 is 2.60 bits per heavy atom. The normalized spacial score (nSPS) is 25.9. The molecule has 0 aromatic heterocycles. The molecule has 1 fully saturated rings. The first kappa shape index (κ1) is 13.9. The number of fused-ring (bicyclic) bond motifs is 1. The molecule has 1 atom stereocenters. The van der Waals surface area contributed by atoms with Gasteiger partial charge >= 0.3 is 0 Å². The van der Waals surface area contributed by atoms with Crippen molar-refractivity contribution < 1.29 is 4.74 Å². The average molecular weight is 274 g/mol. The first-order valence-electron chi connectivity index (χ1n) is 7.72. The van der Waals surface area contributed by atoms with Gasteiger partial charge in [0.05, 0.1) is 0 Å². The molecule has 0 radical (unpaired) electrons. The molecule has 20 heavy (non-hydrogen) atoms. The molecule has 1 saturated heterocycles. The second-order valence-corrected chi connectivity index (χ2v) is 6.79. The van der Waals surface area contributed by atoms with Crippen LogP contribution in [0.3, 0.4) is 0 Å². The minimum absolute atomic E-state index is 0.0822. The smallest absolute Gasteiger partial charge is 0.128 e. The molecule has 1 N–H and O–H groups in total. The first-order valence-corrected chi connectivity index (χ1v) is 7.72. The lowest BCUT2D eigenvalue weighted by molar-refractivity contribution is 0.0252. The van der Waals surface area contributed by atoms with Crippen molar-refractivity contribution in [3.8, 4) is 5.75 Å². The molecule has 2 aliphatic rings. The zero-order chi connectivity index (χ0) is 14.3. The highest BCUT2D eigenvalue weighted by Gasteiger charge is 2.37. The summed E-state index contributed by atoms with van der Waals surface area (Å²) in [5, 5.41) is 3.45. The van der Waals surface area contributed by atoms with Crippen LogP contribution in [0.1, 0.15) is 43.0 Å². The van der Waals surface area contributed by atoms with Crippen LogP contribution in [-0.2, 0) is 0 Å². The number of nitrogens with one attached hydrogen (secondary N) is 1. The molecule has 0 amide bonds. The molecule has 0 bridgehead atoms. The molecule has 1 aromatic carbocycles. The van der Waals surface area contributed by atoms with Crippen LogP contribution in [0.5, 0.6) is 5.75 Å². The van der Waals surface area contributed by atoms with E-state index in [1.54, 1.807) is 0 Å². The summed E-state index contributed by atoms with van der Waals surface area (Å²) in [5.41, 5.74) is 3.92. The van der Waals surface area contributed by atoms with Gasteiger partial charge in [0, 0.05) is 44.2 Å². The topological polar surface area (TPSA) is 24.5 Å². The van der Waals surface area contributed by atoms with Gasteiger partial charge in [-0.05, 0) is 38.8 Å². The summed E-state index contributed by atoms with van der Waals surface area (Å²) in [6.45, 7) is 13.2. The predicted octanol–water partition coefficient (Wildman–Crippen LogP) is 2.81. The molecule has 2 aliphatic heterocycles. The standard InChI is InChI=1S/C17H26N2O/c1-12-5-6-14-15(19-9-7-18-8-10-19)11-17(3,4)20-16(14)13(12)2/h5-6,15,18H,7-11H2,1-4H3. The Kier molecular flexibility index (Phi) is 3.51. The van der Waals surface area contributed by atoms with E-state index in [0.29, 0.717) is 6.04 Å². The van der Waals surface area contributed by atoms with E-state index < -0.39 is 0 Å². The van der Waals surface area contributed by atoms with Crippen LogP contribution in [-0.4, -0.2) is 36.7 Å².